The van der Waals surface area contributed by atoms with Crippen LogP contribution < -0.4 is 11.2 Å². The molecule has 1 fully saturated rings. The first-order valence-corrected chi connectivity index (χ1v) is 7.51. The zero-order valence-corrected chi connectivity index (χ0v) is 12.7. The van der Waals surface area contributed by atoms with Crippen LogP contribution in [0.5, 0.6) is 0 Å². The van der Waals surface area contributed by atoms with Gasteiger partial charge < -0.3 is 19.7 Å². The number of aliphatic hydroxyl groups is 2. The van der Waals surface area contributed by atoms with E-state index < -0.39 is 35.8 Å². The second-order valence-corrected chi connectivity index (χ2v) is 5.52. The summed E-state index contributed by atoms with van der Waals surface area (Å²) in [7, 11) is 0. The molecule has 1 aromatic carbocycles. The molecule has 24 heavy (non-hydrogen) atoms. The van der Waals surface area contributed by atoms with E-state index in [0.717, 1.165) is 16.2 Å². The van der Waals surface area contributed by atoms with E-state index in [1.807, 2.05) is 30.3 Å². The molecule has 0 bridgehead atoms. The molecule has 1 saturated heterocycles. The number of hydrogen-bond donors (Lipinski definition) is 3. The Morgan fingerprint density at radius 1 is 1.21 bits per heavy atom. The summed E-state index contributed by atoms with van der Waals surface area (Å²) in [6.45, 7) is -0.138. The van der Waals surface area contributed by atoms with E-state index in [0.29, 0.717) is 0 Å². The third kappa shape index (κ3) is 3.31. The van der Waals surface area contributed by atoms with E-state index in [1.165, 1.54) is 6.20 Å². The molecule has 1 aliphatic heterocycles. The minimum absolute atomic E-state index is 0.232. The molecular formula is C16H18N2O6. The number of hydrogen-bond acceptors (Lipinski definition) is 6. The fraction of sp³-hybridized carbons (Fsp3) is 0.375. The molecule has 4 atom stereocenters. The highest BCUT2D eigenvalue weighted by Gasteiger charge is 2.45. The van der Waals surface area contributed by atoms with E-state index in [-0.39, 0.29) is 13.2 Å². The first kappa shape index (κ1) is 16.6. The summed E-state index contributed by atoms with van der Waals surface area (Å²) in [5.41, 5.74) is -0.336. The topological polar surface area (TPSA) is 114 Å². The van der Waals surface area contributed by atoms with Gasteiger partial charge >= 0.3 is 5.69 Å². The van der Waals surface area contributed by atoms with Gasteiger partial charge in [-0.05, 0) is 5.56 Å². The first-order chi connectivity index (χ1) is 11.6. The van der Waals surface area contributed by atoms with Crippen molar-refractivity contribution in [2.45, 2.75) is 31.1 Å². The zero-order chi connectivity index (χ0) is 17.1. The summed E-state index contributed by atoms with van der Waals surface area (Å²) < 4.78 is 12.3. The largest absolute Gasteiger partial charge is 0.394 e. The van der Waals surface area contributed by atoms with Crippen molar-refractivity contribution in [3.05, 3.63) is 69.0 Å². The van der Waals surface area contributed by atoms with Crippen molar-refractivity contribution in [3.63, 3.8) is 0 Å². The van der Waals surface area contributed by atoms with Crippen LogP contribution in [0.1, 0.15) is 11.8 Å². The lowest BCUT2D eigenvalue weighted by Gasteiger charge is -2.20. The second-order valence-electron chi connectivity index (χ2n) is 5.52. The predicted octanol–water partition coefficient (Wildman–Crippen LogP) is -0.627. The number of aromatic amines is 1. The van der Waals surface area contributed by atoms with Gasteiger partial charge in [0.15, 0.2) is 6.23 Å². The van der Waals surface area contributed by atoms with Gasteiger partial charge in [-0.25, -0.2) is 4.79 Å². The van der Waals surface area contributed by atoms with Gasteiger partial charge in [-0.15, -0.1) is 0 Å². The summed E-state index contributed by atoms with van der Waals surface area (Å²) >= 11 is 0. The van der Waals surface area contributed by atoms with Crippen molar-refractivity contribution in [3.8, 4) is 0 Å². The van der Waals surface area contributed by atoms with E-state index >= 15 is 0 Å². The maximum atomic E-state index is 11.9. The van der Waals surface area contributed by atoms with Crippen LogP contribution in [0.15, 0.2) is 52.2 Å². The molecule has 0 radical (unpaired) electrons. The average Bonchev–Trinajstić information content (AvgIpc) is 2.90. The summed E-state index contributed by atoms with van der Waals surface area (Å²) in [5, 5.41) is 19.9. The van der Waals surface area contributed by atoms with Gasteiger partial charge in [0.1, 0.15) is 18.3 Å². The van der Waals surface area contributed by atoms with Crippen molar-refractivity contribution in [2.75, 3.05) is 6.61 Å². The Labute approximate surface area is 136 Å². The maximum absolute atomic E-state index is 11.9. The van der Waals surface area contributed by atoms with Crippen molar-refractivity contribution < 1.29 is 19.7 Å². The highest BCUT2D eigenvalue weighted by atomic mass is 16.6. The summed E-state index contributed by atoms with van der Waals surface area (Å²) in [4.78, 5) is 25.1. The van der Waals surface area contributed by atoms with Crippen LogP contribution in [-0.2, 0) is 16.1 Å². The third-order valence-corrected chi connectivity index (χ3v) is 3.90. The van der Waals surface area contributed by atoms with Crippen LogP contribution in [0, 0.1) is 0 Å². The monoisotopic (exact) mass is 334 g/mol. The van der Waals surface area contributed by atoms with Crippen LogP contribution in [0.3, 0.4) is 0 Å². The standard InChI is InChI=1S/C16H18N2O6/c19-8-11-14(23-9-10-4-2-1-3-5-10)13(21)15(24-11)18-7-6-12(20)17-16(18)22/h1-7,11,13-15,19,21H,8-9H2,(H,17,20,22)/t11-,13-,14-,15-/m1/s1. The third-order valence-electron chi connectivity index (χ3n) is 3.90. The molecule has 0 spiro atoms. The van der Waals surface area contributed by atoms with Crippen molar-refractivity contribution >= 4 is 0 Å². The molecule has 3 N–H and O–H groups in total. The minimum Gasteiger partial charge on any atom is -0.394 e. The fourth-order valence-corrected chi connectivity index (χ4v) is 2.70. The normalized spacial score (nSPS) is 26.6. The molecule has 0 amide bonds. The number of H-pyrrole nitrogens is 1. The van der Waals surface area contributed by atoms with Gasteiger partial charge in [-0.3, -0.25) is 14.3 Å². The number of rotatable bonds is 5. The zero-order valence-electron chi connectivity index (χ0n) is 12.7. The summed E-state index contributed by atoms with van der Waals surface area (Å²) in [6.07, 6.45) is -2.57. The minimum atomic E-state index is -1.17. The Morgan fingerprint density at radius 2 is 1.96 bits per heavy atom. The molecule has 2 heterocycles. The molecular weight excluding hydrogens is 316 g/mol. The SMILES string of the molecule is O=c1ccn([C@@H]2O[C@H](CO)[C@@H](OCc3ccccc3)[C@H]2O)c(=O)[nH]1. The first-order valence-electron chi connectivity index (χ1n) is 7.51. The van der Waals surface area contributed by atoms with Gasteiger partial charge in [0.05, 0.1) is 13.2 Å². The van der Waals surface area contributed by atoms with Crippen molar-refractivity contribution in [1.82, 2.24) is 9.55 Å². The molecule has 0 saturated carbocycles. The molecule has 128 valence electrons. The quantitative estimate of drug-likeness (QED) is 0.671. The number of benzene rings is 1. The summed E-state index contributed by atoms with van der Waals surface area (Å²) in [6, 6.07) is 10.5. The number of aliphatic hydroxyl groups excluding tert-OH is 2. The molecule has 8 heteroatoms. The fourth-order valence-electron chi connectivity index (χ4n) is 2.70. The number of nitrogens with one attached hydrogen (secondary N) is 1. The van der Waals surface area contributed by atoms with Gasteiger partial charge in [-0.2, -0.15) is 0 Å². The van der Waals surface area contributed by atoms with Gasteiger partial charge in [0.25, 0.3) is 5.56 Å². The highest BCUT2D eigenvalue weighted by molar-refractivity contribution is 5.13. The van der Waals surface area contributed by atoms with Crippen LogP contribution in [0.25, 0.3) is 0 Å². The Kier molecular flexibility index (Phi) is 4.91. The Bertz CT molecular complexity index is 787. The molecule has 1 aromatic heterocycles. The van der Waals surface area contributed by atoms with Crippen LogP contribution in [0.2, 0.25) is 0 Å². The number of nitrogens with zero attached hydrogens (tertiary/aromatic N) is 1. The van der Waals surface area contributed by atoms with Crippen molar-refractivity contribution in [1.29, 1.82) is 0 Å². The highest BCUT2D eigenvalue weighted by Crippen LogP contribution is 2.30. The lowest BCUT2D eigenvalue weighted by atomic mass is 10.1. The van der Waals surface area contributed by atoms with Gasteiger partial charge in [0, 0.05) is 12.3 Å². The van der Waals surface area contributed by atoms with E-state index in [9.17, 15) is 19.8 Å². The van der Waals surface area contributed by atoms with Crippen LogP contribution in [-0.4, -0.2) is 44.7 Å². The second kappa shape index (κ2) is 7.10. The van der Waals surface area contributed by atoms with Gasteiger partial charge in [-0.1, -0.05) is 30.3 Å². The molecule has 2 aromatic rings. The average molecular weight is 334 g/mol. The summed E-state index contributed by atoms with van der Waals surface area (Å²) in [5.74, 6) is 0. The Hall–Kier alpha value is -2.26. The molecule has 1 aliphatic rings. The molecule has 3 rings (SSSR count). The Morgan fingerprint density at radius 3 is 2.62 bits per heavy atom. The van der Waals surface area contributed by atoms with Crippen molar-refractivity contribution in [2.24, 2.45) is 0 Å². The van der Waals surface area contributed by atoms with Crippen LogP contribution >= 0.6 is 0 Å². The Balaban J connectivity index is 1.78. The molecule has 8 nitrogen and oxygen atoms in total. The van der Waals surface area contributed by atoms with E-state index in [2.05, 4.69) is 4.98 Å². The number of ether oxygens (including phenoxy) is 2. The maximum Gasteiger partial charge on any atom is 0.330 e. The lowest BCUT2D eigenvalue weighted by molar-refractivity contribution is -0.0661. The predicted molar refractivity (Wildman–Crippen MR) is 83.3 cm³/mol. The lowest BCUT2D eigenvalue weighted by Crippen LogP contribution is -2.38. The smallest absolute Gasteiger partial charge is 0.330 e. The molecule has 0 aliphatic carbocycles. The molecule has 0 unspecified atom stereocenters. The number of aromatic nitrogens is 2. The van der Waals surface area contributed by atoms with E-state index in [1.54, 1.807) is 0 Å². The van der Waals surface area contributed by atoms with Gasteiger partial charge in [0.2, 0.25) is 0 Å². The van der Waals surface area contributed by atoms with Crippen LogP contribution in [0.4, 0.5) is 0 Å². The van der Waals surface area contributed by atoms with E-state index in [4.69, 9.17) is 9.47 Å².